The lowest BCUT2D eigenvalue weighted by Gasteiger charge is -2.32. The van der Waals surface area contributed by atoms with Gasteiger partial charge in [0, 0.05) is 37.3 Å². The maximum Gasteiger partial charge on any atom is 0.433 e. The third kappa shape index (κ3) is 3.54. The molecule has 1 aromatic rings. The summed E-state index contributed by atoms with van der Waals surface area (Å²) in [5, 5.41) is 0. The number of anilines is 1. The van der Waals surface area contributed by atoms with E-state index >= 15 is 0 Å². The first-order valence-electron chi connectivity index (χ1n) is 7.50. The molecule has 5 nitrogen and oxygen atoms in total. The Hall–Kier alpha value is -1.51. The van der Waals surface area contributed by atoms with E-state index in [1.165, 1.54) is 0 Å². The molecule has 0 unspecified atom stereocenters. The van der Waals surface area contributed by atoms with Crippen molar-refractivity contribution in [2.75, 3.05) is 36.0 Å². The van der Waals surface area contributed by atoms with Gasteiger partial charge in [0.25, 0.3) is 0 Å². The molecule has 0 spiro atoms. The molecule has 3 rings (SSSR count). The quantitative estimate of drug-likeness (QED) is 0.820. The van der Waals surface area contributed by atoms with Crippen LogP contribution < -0.4 is 4.90 Å². The topological polar surface area (TPSA) is 49.3 Å². The number of aromatic nitrogens is 2. The Bertz CT molecular complexity index is 577. The van der Waals surface area contributed by atoms with Crippen molar-refractivity contribution in [3.8, 4) is 0 Å². The fraction of sp³-hybridized carbons (Fsp3) is 0.643. The highest BCUT2D eigenvalue weighted by atomic mass is 32.2. The molecule has 126 valence electrons. The number of thioether (sulfide) groups is 1. The number of amides is 1. The monoisotopic (exact) mass is 346 g/mol. The summed E-state index contributed by atoms with van der Waals surface area (Å²) in [6.07, 6.45) is -2.04. The highest BCUT2D eigenvalue weighted by Crippen LogP contribution is 2.30. The van der Waals surface area contributed by atoms with Gasteiger partial charge in [-0.3, -0.25) is 4.79 Å². The lowest BCUT2D eigenvalue weighted by molar-refractivity contribution is -0.141. The van der Waals surface area contributed by atoms with Gasteiger partial charge >= 0.3 is 6.18 Å². The zero-order valence-electron chi connectivity index (χ0n) is 12.4. The van der Waals surface area contributed by atoms with Crippen LogP contribution in [0.25, 0.3) is 0 Å². The van der Waals surface area contributed by atoms with Gasteiger partial charge in [0.2, 0.25) is 11.9 Å². The summed E-state index contributed by atoms with van der Waals surface area (Å²) in [6.45, 7) is 1.88. The van der Waals surface area contributed by atoms with Crippen LogP contribution in [0, 0.1) is 0 Å². The third-order valence-electron chi connectivity index (χ3n) is 4.05. The van der Waals surface area contributed by atoms with Gasteiger partial charge < -0.3 is 9.80 Å². The van der Waals surface area contributed by atoms with Gasteiger partial charge in [-0.15, -0.1) is 0 Å². The lowest BCUT2D eigenvalue weighted by Crippen LogP contribution is -2.49. The van der Waals surface area contributed by atoms with E-state index in [0.717, 1.165) is 30.2 Å². The number of hydrogen-bond acceptors (Lipinski definition) is 5. The zero-order chi connectivity index (χ0) is 16.4. The maximum atomic E-state index is 12.8. The van der Waals surface area contributed by atoms with Crippen molar-refractivity contribution in [2.24, 2.45) is 0 Å². The van der Waals surface area contributed by atoms with Crippen molar-refractivity contribution in [3.05, 3.63) is 18.0 Å². The number of rotatable bonds is 2. The minimum Gasteiger partial charge on any atom is -0.339 e. The van der Waals surface area contributed by atoms with Gasteiger partial charge in [0.05, 0.1) is 0 Å². The molecule has 1 amide bonds. The second kappa shape index (κ2) is 6.54. The molecule has 2 aliphatic heterocycles. The Balaban J connectivity index is 1.80. The number of hydrogen-bond donors (Lipinski definition) is 0. The van der Waals surface area contributed by atoms with E-state index in [-0.39, 0.29) is 11.9 Å². The molecule has 0 N–H and O–H groups in total. The van der Waals surface area contributed by atoms with E-state index in [9.17, 15) is 18.0 Å². The van der Waals surface area contributed by atoms with E-state index in [1.54, 1.807) is 21.6 Å². The molecule has 0 radical (unpaired) electrons. The van der Waals surface area contributed by atoms with Gasteiger partial charge in [0.15, 0.2) is 0 Å². The lowest BCUT2D eigenvalue weighted by atomic mass is 10.2. The summed E-state index contributed by atoms with van der Waals surface area (Å²) in [6, 6.07) is 0.389. The molecular weight excluding hydrogens is 329 g/mol. The molecular formula is C14H17F3N4OS. The number of carbonyl (C=O) groups excluding carboxylic acids is 1. The first-order chi connectivity index (χ1) is 11.0. The number of carbonyl (C=O) groups is 1. The molecule has 0 aromatic carbocycles. The smallest absolute Gasteiger partial charge is 0.339 e. The predicted octanol–water partition coefficient (Wildman–Crippen LogP) is 2.04. The summed E-state index contributed by atoms with van der Waals surface area (Å²) < 4.78 is 38.4. The first kappa shape index (κ1) is 16.4. The number of alkyl halides is 3. The second-order valence-electron chi connectivity index (χ2n) is 5.53. The number of nitrogens with zero attached hydrogens (tertiary/aromatic N) is 4. The Morgan fingerprint density at radius 3 is 2.70 bits per heavy atom. The minimum absolute atomic E-state index is 0.0120. The highest BCUT2D eigenvalue weighted by Gasteiger charge is 2.38. The van der Waals surface area contributed by atoms with Gasteiger partial charge in [-0.1, -0.05) is 0 Å². The second-order valence-corrected chi connectivity index (χ2v) is 6.75. The highest BCUT2D eigenvalue weighted by molar-refractivity contribution is 7.99. The SMILES string of the molecule is O=C([C@H]1CCCN1c1nccc(C(F)(F)F)n1)N1CCSCC1. The summed E-state index contributed by atoms with van der Waals surface area (Å²) >= 11 is 1.80. The van der Waals surface area contributed by atoms with Crippen LogP contribution in [-0.2, 0) is 11.0 Å². The van der Waals surface area contributed by atoms with E-state index < -0.39 is 17.9 Å². The van der Waals surface area contributed by atoms with E-state index in [2.05, 4.69) is 9.97 Å². The minimum atomic E-state index is -4.51. The molecule has 9 heteroatoms. The van der Waals surface area contributed by atoms with Crippen molar-refractivity contribution in [2.45, 2.75) is 25.1 Å². The summed E-state index contributed by atoms with van der Waals surface area (Å²) in [5.74, 6) is 1.77. The van der Waals surface area contributed by atoms with Crippen molar-refractivity contribution >= 4 is 23.6 Å². The summed E-state index contributed by atoms with van der Waals surface area (Å²) in [7, 11) is 0. The van der Waals surface area contributed by atoms with Crippen LogP contribution >= 0.6 is 11.8 Å². The molecule has 1 aromatic heterocycles. The largest absolute Gasteiger partial charge is 0.433 e. The molecule has 2 aliphatic rings. The van der Waals surface area contributed by atoms with Gasteiger partial charge in [-0.05, 0) is 18.9 Å². The zero-order valence-corrected chi connectivity index (χ0v) is 13.2. The van der Waals surface area contributed by atoms with E-state index in [4.69, 9.17) is 0 Å². The van der Waals surface area contributed by atoms with Crippen LogP contribution in [0.4, 0.5) is 19.1 Å². The fourth-order valence-electron chi connectivity index (χ4n) is 2.90. The molecule has 2 fully saturated rings. The maximum absolute atomic E-state index is 12.8. The molecule has 0 saturated carbocycles. The van der Waals surface area contributed by atoms with Crippen LogP contribution in [-0.4, -0.2) is 58.0 Å². The van der Waals surface area contributed by atoms with Gasteiger partial charge in [0.1, 0.15) is 11.7 Å². The Morgan fingerprint density at radius 1 is 1.26 bits per heavy atom. The van der Waals surface area contributed by atoms with Crippen LogP contribution in [0.3, 0.4) is 0 Å². The van der Waals surface area contributed by atoms with Crippen LogP contribution in [0.2, 0.25) is 0 Å². The first-order valence-corrected chi connectivity index (χ1v) is 8.66. The van der Waals surface area contributed by atoms with Crippen molar-refractivity contribution in [1.29, 1.82) is 0 Å². The molecule has 0 aliphatic carbocycles. The Morgan fingerprint density at radius 2 is 2.00 bits per heavy atom. The van der Waals surface area contributed by atoms with Crippen molar-refractivity contribution in [1.82, 2.24) is 14.9 Å². The van der Waals surface area contributed by atoms with Crippen LogP contribution in [0.5, 0.6) is 0 Å². The standard InChI is InChI=1S/C14H17F3N4OS/c15-14(16,17)11-3-4-18-13(19-11)21-5-1-2-10(21)12(22)20-6-8-23-9-7-20/h3-4,10H,1-2,5-9H2/t10-/m1/s1. The normalized spacial score (nSPS) is 22.5. The van der Waals surface area contributed by atoms with E-state index in [0.29, 0.717) is 26.1 Å². The average Bonchev–Trinajstić information content (AvgIpc) is 3.04. The average molecular weight is 346 g/mol. The molecule has 3 heterocycles. The molecule has 23 heavy (non-hydrogen) atoms. The van der Waals surface area contributed by atoms with Gasteiger partial charge in [-0.25, -0.2) is 9.97 Å². The summed E-state index contributed by atoms with van der Waals surface area (Å²) in [4.78, 5) is 23.6. The van der Waals surface area contributed by atoms with Crippen molar-refractivity contribution < 1.29 is 18.0 Å². The fourth-order valence-corrected chi connectivity index (χ4v) is 3.81. The van der Waals surface area contributed by atoms with Crippen LogP contribution in [0.15, 0.2) is 12.3 Å². The number of halogens is 3. The van der Waals surface area contributed by atoms with Gasteiger partial charge in [-0.2, -0.15) is 24.9 Å². The molecule has 1 atom stereocenters. The Kier molecular flexibility index (Phi) is 4.65. The predicted molar refractivity (Wildman–Crippen MR) is 81.3 cm³/mol. The summed E-state index contributed by atoms with van der Waals surface area (Å²) in [5.41, 5.74) is -0.977. The van der Waals surface area contributed by atoms with Crippen LogP contribution in [0.1, 0.15) is 18.5 Å². The Labute approximate surface area is 136 Å². The van der Waals surface area contributed by atoms with Crippen molar-refractivity contribution in [3.63, 3.8) is 0 Å². The third-order valence-corrected chi connectivity index (χ3v) is 4.99. The van der Waals surface area contributed by atoms with E-state index in [1.807, 2.05) is 0 Å². The molecule has 0 bridgehead atoms. The molecule has 2 saturated heterocycles.